The van der Waals surface area contributed by atoms with Gasteiger partial charge in [0.1, 0.15) is 10.6 Å². The van der Waals surface area contributed by atoms with Gasteiger partial charge in [0.15, 0.2) is 0 Å². The lowest BCUT2D eigenvalue weighted by Gasteiger charge is -2.11. The summed E-state index contributed by atoms with van der Waals surface area (Å²) in [6, 6.07) is 22.5. The minimum absolute atomic E-state index is 0.0437. The van der Waals surface area contributed by atoms with E-state index in [0.717, 1.165) is 5.56 Å². The molecule has 0 spiro atoms. The highest BCUT2D eigenvalue weighted by Crippen LogP contribution is 2.29. The van der Waals surface area contributed by atoms with Crippen LogP contribution in [0, 0.1) is 0 Å². The van der Waals surface area contributed by atoms with Crippen molar-refractivity contribution in [3.05, 3.63) is 78.9 Å². The van der Waals surface area contributed by atoms with Gasteiger partial charge in [-0.3, -0.25) is 4.72 Å². The van der Waals surface area contributed by atoms with Crippen LogP contribution in [0.15, 0.2) is 88.3 Å². The first-order chi connectivity index (χ1) is 14.6. The van der Waals surface area contributed by atoms with Gasteiger partial charge >= 0.3 is 0 Å². The third-order valence-electron chi connectivity index (χ3n) is 4.28. The molecule has 0 aliphatic rings. The molecule has 0 aliphatic heterocycles. The standard InChI is InChI=1S/C22H19N3O4S/c1-2-28-18-14-12-17(13-15-18)25-30(26,27)20-11-7-6-10-19(20)22-23-21(24-29-22)16-8-4-3-5-9-16/h3-15,25H,2H2,1H3. The lowest BCUT2D eigenvalue weighted by Crippen LogP contribution is -2.14. The minimum Gasteiger partial charge on any atom is -0.494 e. The summed E-state index contributed by atoms with van der Waals surface area (Å²) in [4.78, 5) is 4.42. The molecule has 4 aromatic rings. The highest BCUT2D eigenvalue weighted by atomic mass is 32.2. The Balaban J connectivity index is 1.65. The third kappa shape index (κ3) is 4.18. The van der Waals surface area contributed by atoms with Gasteiger partial charge in [0.05, 0.1) is 12.2 Å². The zero-order valence-electron chi connectivity index (χ0n) is 16.1. The number of nitrogens with zero attached hydrogens (tertiary/aromatic N) is 2. The van der Waals surface area contributed by atoms with Gasteiger partial charge < -0.3 is 9.26 Å². The molecule has 152 valence electrons. The molecular weight excluding hydrogens is 402 g/mol. The Hall–Kier alpha value is -3.65. The van der Waals surface area contributed by atoms with Crippen molar-refractivity contribution in [3.8, 4) is 28.6 Å². The van der Waals surface area contributed by atoms with Crippen LogP contribution in [0.1, 0.15) is 6.92 Å². The van der Waals surface area contributed by atoms with Crippen molar-refractivity contribution >= 4 is 15.7 Å². The smallest absolute Gasteiger partial charge is 0.262 e. The van der Waals surface area contributed by atoms with Crippen LogP contribution in [0.2, 0.25) is 0 Å². The maximum absolute atomic E-state index is 13.1. The highest BCUT2D eigenvalue weighted by Gasteiger charge is 2.23. The Morgan fingerprint density at radius 2 is 1.63 bits per heavy atom. The molecule has 0 radical (unpaired) electrons. The molecule has 30 heavy (non-hydrogen) atoms. The van der Waals surface area contributed by atoms with E-state index < -0.39 is 10.0 Å². The van der Waals surface area contributed by atoms with E-state index in [1.807, 2.05) is 37.3 Å². The number of nitrogens with one attached hydrogen (secondary N) is 1. The Morgan fingerprint density at radius 1 is 0.933 bits per heavy atom. The van der Waals surface area contributed by atoms with Gasteiger partial charge in [-0.2, -0.15) is 4.98 Å². The fraction of sp³-hybridized carbons (Fsp3) is 0.0909. The summed E-state index contributed by atoms with van der Waals surface area (Å²) in [5, 5.41) is 3.98. The van der Waals surface area contributed by atoms with Crippen molar-refractivity contribution in [1.29, 1.82) is 0 Å². The van der Waals surface area contributed by atoms with E-state index in [0.29, 0.717) is 29.4 Å². The van der Waals surface area contributed by atoms with Gasteiger partial charge in [-0.1, -0.05) is 47.6 Å². The normalized spacial score (nSPS) is 11.2. The number of benzene rings is 3. The molecule has 0 saturated heterocycles. The van der Waals surface area contributed by atoms with Crippen molar-refractivity contribution in [2.24, 2.45) is 0 Å². The van der Waals surface area contributed by atoms with E-state index in [4.69, 9.17) is 9.26 Å². The van der Waals surface area contributed by atoms with Crippen LogP contribution < -0.4 is 9.46 Å². The molecule has 0 saturated carbocycles. The van der Waals surface area contributed by atoms with Crippen LogP contribution in [0.25, 0.3) is 22.8 Å². The maximum Gasteiger partial charge on any atom is 0.262 e. The number of anilines is 1. The fourth-order valence-electron chi connectivity index (χ4n) is 2.91. The van der Waals surface area contributed by atoms with Gasteiger partial charge in [-0.15, -0.1) is 0 Å². The topological polar surface area (TPSA) is 94.3 Å². The highest BCUT2D eigenvalue weighted by molar-refractivity contribution is 7.92. The first-order valence-corrected chi connectivity index (χ1v) is 10.8. The number of rotatable bonds is 7. The molecule has 3 aromatic carbocycles. The van der Waals surface area contributed by atoms with E-state index in [9.17, 15) is 8.42 Å². The lowest BCUT2D eigenvalue weighted by atomic mass is 10.2. The zero-order chi connectivity index (χ0) is 21.0. The van der Waals surface area contributed by atoms with Gasteiger partial charge in [-0.25, -0.2) is 8.42 Å². The van der Waals surface area contributed by atoms with E-state index >= 15 is 0 Å². The van der Waals surface area contributed by atoms with E-state index in [2.05, 4.69) is 14.9 Å². The Morgan fingerprint density at radius 3 is 2.37 bits per heavy atom. The van der Waals surface area contributed by atoms with Gasteiger partial charge in [0.2, 0.25) is 5.82 Å². The molecule has 8 heteroatoms. The first kappa shape index (κ1) is 19.7. The monoisotopic (exact) mass is 421 g/mol. The second kappa shape index (κ2) is 8.38. The van der Waals surface area contributed by atoms with E-state index in [-0.39, 0.29) is 10.8 Å². The molecule has 0 atom stereocenters. The minimum atomic E-state index is -3.89. The van der Waals surface area contributed by atoms with Crippen LogP contribution in [-0.4, -0.2) is 25.2 Å². The molecule has 0 aliphatic carbocycles. The second-order valence-electron chi connectivity index (χ2n) is 6.35. The average Bonchev–Trinajstić information content (AvgIpc) is 3.26. The van der Waals surface area contributed by atoms with Crippen LogP contribution >= 0.6 is 0 Å². The summed E-state index contributed by atoms with van der Waals surface area (Å²) >= 11 is 0. The van der Waals surface area contributed by atoms with Crippen molar-refractivity contribution < 1.29 is 17.7 Å². The first-order valence-electron chi connectivity index (χ1n) is 9.31. The van der Waals surface area contributed by atoms with Crippen LogP contribution in [0.3, 0.4) is 0 Å². The fourth-order valence-corrected chi connectivity index (χ4v) is 4.17. The molecule has 4 rings (SSSR count). The predicted molar refractivity (Wildman–Crippen MR) is 114 cm³/mol. The number of ether oxygens (including phenoxy) is 1. The summed E-state index contributed by atoms with van der Waals surface area (Å²) in [6.45, 7) is 2.42. The van der Waals surface area contributed by atoms with Crippen LogP contribution in [0.5, 0.6) is 5.75 Å². The lowest BCUT2D eigenvalue weighted by molar-refractivity contribution is 0.340. The SMILES string of the molecule is CCOc1ccc(NS(=O)(=O)c2ccccc2-c2nc(-c3ccccc3)no2)cc1. The zero-order valence-corrected chi connectivity index (χ0v) is 17.0. The van der Waals surface area contributed by atoms with Crippen LogP contribution in [0.4, 0.5) is 5.69 Å². The van der Waals surface area contributed by atoms with Crippen molar-refractivity contribution in [3.63, 3.8) is 0 Å². The van der Waals surface area contributed by atoms with E-state index in [1.54, 1.807) is 42.5 Å². The summed E-state index contributed by atoms with van der Waals surface area (Å²) < 4.78 is 39.4. The number of hydrogen-bond acceptors (Lipinski definition) is 6. The van der Waals surface area contributed by atoms with Crippen LogP contribution in [-0.2, 0) is 10.0 Å². The number of sulfonamides is 1. The molecule has 0 fully saturated rings. The Labute approximate surface area is 174 Å². The molecule has 0 unspecified atom stereocenters. The summed E-state index contributed by atoms with van der Waals surface area (Å²) in [6.07, 6.45) is 0. The molecule has 1 aromatic heterocycles. The Bertz CT molecular complexity index is 1240. The summed E-state index contributed by atoms with van der Waals surface area (Å²) in [5.74, 6) is 1.18. The molecule has 0 bridgehead atoms. The largest absolute Gasteiger partial charge is 0.494 e. The molecule has 0 amide bonds. The van der Waals surface area contributed by atoms with Gasteiger partial charge in [-0.05, 0) is 43.3 Å². The molecule has 7 nitrogen and oxygen atoms in total. The number of aromatic nitrogens is 2. The average molecular weight is 421 g/mol. The third-order valence-corrected chi connectivity index (χ3v) is 5.72. The van der Waals surface area contributed by atoms with Gasteiger partial charge in [0, 0.05) is 11.3 Å². The van der Waals surface area contributed by atoms with Crippen molar-refractivity contribution in [1.82, 2.24) is 10.1 Å². The van der Waals surface area contributed by atoms with Crippen molar-refractivity contribution in [2.75, 3.05) is 11.3 Å². The quantitative estimate of drug-likeness (QED) is 0.469. The molecular formula is C22H19N3O4S. The summed E-state index contributed by atoms with van der Waals surface area (Å²) in [5.41, 5.74) is 1.52. The predicted octanol–water partition coefficient (Wildman–Crippen LogP) is 4.60. The molecule has 1 heterocycles. The molecule has 1 N–H and O–H groups in total. The second-order valence-corrected chi connectivity index (χ2v) is 8.00. The summed E-state index contributed by atoms with van der Waals surface area (Å²) in [7, 11) is -3.89. The maximum atomic E-state index is 13.1. The van der Waals surface area contributed by atoms with Gasteiger partial charge in [0.25, 0.3) is 15.9 Å². The Kier molecular flexibility index (Phi) is 5.49. The van der Waals surface area contributed by atoms with Crippen molar-refractivity contribution in [2.45, 2.75) is 11.8 Å². The number of hydrogen-bond donors (Lipinski definition) is 1. The van der Waals surface area contributed by atoms with E-state index in [1.165, 1.54) is 6.07 Å².